The molecular formula is C10H23NO3. The minimum atomic E-state index is -0.746. The zero-order valence-corrected chi connectivity index (χ0v) is 9.75. The Morgan fingerprint density at radius 3 is 2.14 bits per heavy atom. The molecule has 0 aliphatic heterocycles. The van der Waals surface area contributed by atoms with Crippen LogP contribution in [0.4, 0.5) is 0 Å². The number of aliphatic hydroxyl groups is 1. The van der Waals surface area contributed by atoms with E-state index in [1.165, 1.54) is 0 Å². The Morgan fingerprint density at radius 2 is 1.64 bits per heavy atom. The van der Waals surface area contributed by atoms with Crippen LogP contribution in [0.2, 0.25) is 0 Å². The molecule has 14 heavy (non-hydrogen) atoms. The molecule has 0 saturated carbocycles. The lowest BCUT2D eigenvalue weighted by Crippen LogP contribution is -2.27. The third-order valence-corrected chi connectivity index (χ3v) is 1.51. The van der Waals surface area contributed by atoms with E-state index >= 15 is 0 Å². The molecule has 0 spiro atoms. The maximum atomic E-state index is 9.32. The maximum absolute atomic E-state index is 9.32. The van der Waals surface area contributed by atoms with E-state index in [2.05, 4.69) is 4.90 Å². The van der Waals surface area contributed by atoms with Crippen molar-refractivity contribution in [2.45, 2.75) is 19.4 Å². The van der Waals surface area contributed by atoms with Crippen LogP contribution in [0.25, 0.3) is 0 Å². The van der Waals surface area contributed by atoms with Crippen LogP contribution in [-0.4, -0.2) is 62.7 Å². The van der Waals surface area contributed by atoms with E-state index in [4.69, 9.17) is 9.47 Å². The second kappa shape index (κ2) is 7.17. The molecular weight excluding hydrogens is 182 g/mol. The highest BCUT2D eigenvalue weighted by atomic mass is 16.5. The minimum Gasteiger partial charge on any atom is -0.388 e. The summed E-state index contributed by atoms with van der Waals surface area (Å²) >= 11 is 0. The number of hydrogen-bond acceptors (Lipinski definition) is 4. The molecule has 0 aromatic heterocycles. The number of nitrogens with zero attached hydrogens (tertiary/aromatic N) is 1. The first-order valence-electron chi connectivity index (χ1n) is 4.94. The lowest BCUT2D eigenvalue weighted by Gasteiger charge is -2.17. The number of ether oxygens (including phenoxy) is 2. The summed E-state index contributed by atoms with van der Waals surface area (Å²) in [6, 6.07) is 0. The smallest absolute Gasteiger partial charge is 0.0824 e. The van der Waals surface area contributed by atoms with Gasteiger partial charge in [0.15, 0.2) is 0 Å². The van der Waals surface area contributed by atoms with Gasteiger partial charge in [0.05, 0.1) is 32.0 Å². The molecule has 0 aliphatic rings. The second-order valence-corrected chi connectivity index (χ2v) is 4.28. The highest BCUT2D eigenvalue weighted by molar-refractivity contribution is 4.62. The van der Waals surface area contributed by atoms with Crippen molar-refractivity contribution in [1.29, 1.82) is 0 Å². The summed E-state index contributed by atoms with van der Waals surface area (Å²) in [7, 11) is 4.02. The van der Waals surface area contributed by atoms with Gasteiger partial charge in [-0.25, -0.2) is 0 Å². The highest BCUT2D eigenvalue weighted by Crippen LogP contribution is 2.00. The molecule has 0 aromatic rings. The first-order chi connectivity index (χ1) is 6.42. The summed E-state index contributed by atoms with van der Waals surface area (Å²) < 4.78 is 10.5. The van der Waals surface area contributed by atoms with Crippen molar-refractivity contribution >= 4 is 0 Å². The van der Waals surface area contributed by atoms with Gasteiger partial charge in [-0.15, -0.1) is 0 Å². The SMILES string of the molecule is CN(C)CCOCCOCC(C)(C)O. The van der Waals surface area contributed by atoms with Gasteiger partial charge in [0, 0.05) is 6.54 Å². The average Bonchev–Trinajstić information content (AvgIpc) is 2.00. The zero-order chi connectivity index (χ0) is 11.0. The normalized spacial score (nSPS) is 12.4. The quantitative estimate of drug-likeness (QED) is 0.581. The van der Waals surface area contributed by atoms with Gasteiger partial charge < -0.3 is 19.5 Å². The summed E-state index contributed by atoms with van der Waals surface area (Å²) in [5.74, 6) is 0. The highest BCUT2D eigenvalue weighted by Gasteiger charge is 2.11. The number of likely N-dealkylation sites (N-methyl/N-ethyl adjacent to an activating group) is 1. The Bertz CT molecular complexity index is 132. The van der Waals surface area contributed by atoms with Crippen LogP contribution in [-0.2, 0) is 9.47 Å². The molecule has 0 unspecified atom stereocenters. The molecule has 0 fully saturated rings. The van der Waals surface area contributed by atoms with Gasteiger partial charge in [-0.3, -0.25) is 0 Å². The first-order valence-corrected chi connectivity index (χ1v) is 4.94. The molecule has 0 aliphatic carbocycles. The summed E-state index contributed by atoms with van der Waals surface area (Å²) in [6.07, 6.45) is 0. The van der Waals surface area contributed by atoms with E-state index in [9.17, 15) is 5.11 Å². The molecule has 0 heterocycles. The Kier molecular flexibility index (Phi) is 7.09. The van der Waals surface area contributed by atoms with Crippen molar-refractivity contribution in [3.05, 3.63) is 0 Å². The largest absolute Gasteiger partial charge is 0.388 e. The fraction of sp³-hybridized carbons (Fsp3) is 1.00. The lowest BCUT2D eigenvalue weighted by molar-refractivity contribution is -0.0379. The summed E-state index contributed by atoms with van der Waals surface area (Å²) in [4.78, 5) is 2.07. The molecule has 0 rings (SSSR count). The van der Waals surface area contributed by atoms with E-state index in [-0.39, 0.29) is 0 Å². The van der Waals surface area contributed by atoms with Crippen molar-refractivity contribution in [2.75, 3.05) is 47.1 Å². The van der Waals surface area contributed by atoms with Crippen LogP contribution in [0.1, 0.15) is 13.8 Å². The standard InChI is InChI=1S/C10H23NO3/c1-10(2,12)9-14-8-7-13-6-5-11(3)4/h12H,5-9H2,1-4H3. The molecule has 4 nitrogen and oxygen atoms in total. The summed E-state index contributed by atoms with van der Waals surface area (Å²) in [5.41, 5.74) is -0.746. The third-order valence-electron chi connectivity index (χ3n) is 1.51. The predicted octanol–water partition coefficient (Wildman–Crippen LogP) is 0.352. The van der Waals surface area contributed by atoms with Crippen molar-refractivity contribution in [1.82, 2.24) is 4.90 Å². The monoisotopic (exact) mass is 205 g/mol. The van der Waals surface area contributed by atoms with Crippen LogP contribution in [0.15, 0.2) is 0 Å². The van der Waals surface area contributed by atoms with Crippen molar-refractivity contribution in [3.63, 3.8) is 0 Å². The van der Waals surface area contributed by atoms with Crippen molar-refractivity contribution < 1.29 is 14.6 Å². The molecule has 0 saturated heterocycles. The average molecular weight is 205 g/mol. The first kappa shape index (κ1) is 13.8. The fourth-order valence-corrected chi connectivity index (χ4v) is 0.789. The van der Waals surface area contributed by atoms with Crippen LogP contribution < -0.4 is 0 Å². The van der Waals surface area contributed by atoms with Crippen LogP contribution in [0.5, 0.6) is 0 Å². The van der Waals surface area contributed by atoms with Gasteiger partial charge in [0.1, 0.15) is 0 Å². The van der Waals surface area contributed by atoms with Crippen LogP contribution in [0.3, 0.4) is 0 Å². The Hall–Kier alpha value is -0.160. The van der Waals surface area contributed by atoms with Crippen molar-refractivity contribution in [2.24, 2.45) is 0 Å². The molecule has 0 radical (unpaired) electrons. The van der Waals surface area contributed by atoms with Gasteiger partial charge in [0.25, 0.3) is 0 Å². The molecule has 1 N–H and O–H groups in total. The van der Waals surface area contributed by atoms with Gasteiger partial charge in [-0.1, -0.05) is 0 Å². The minimum absolute atomic E-state index is 0.351. The predicted molar refractivity (Wildman–Crippen MR) is 56.5 cm³/mol. The summed E-state index contributed by atoms with van der Waals surface area (Å²) in [5, 5.41) is 9.32. The topological polar surface area (TPSA) is 41.9 Å². The summed E-state index contributed by atoms with van der Waals surface area (Å²) in [6.45, 7) is 6.57. The van der Waals surface area contributed by atoms with E-state index in [0.717, 1.165) is 13.2 Å². The van der Waals surface area contributed by atoms with Crippen LogP contribution in [0, 0.1) is 0 Å². The van der Waals surface area contributed by atoms with E-state index < -0.39 is 5.60 Å². The molecule has 4 heteroatoms. The molecule has 0 atom stereocenters. The van der Waals surface area contributed by atoms with Gasteiger partial charge in [0.2, 0.25) is 0 Å². The van der Waals surface area contributed by atoms with E-state index in [1.54, 1.807) is 13.8 Å². The molecule has 0 bridgehead atoms. The van der Waals surface area contributed by atoms with Gasteiger partial charge in [-0.05, 0) is 27.9 Å². The van der Waals surface area contributed by atoms with Gasteiger partial charge >= 0.3 is 0 Å². The molecule has 0 aromatic carbocycles. The fourth-order valence-electron chi connectivity index (χ4n) is 0.789. The number of rotatable bonds is 8. The number of hydrogen-bond donors (Lipinski definition) is 1. The zero-order valence-electron chi connectivity index (χ0n) is 9.75. The Labute approximate surface area is 86.8 Å². The second-order valence-electron chi connectivity index (χ2n) is 4.28. The Balaban J connectivity index is 3.07. The van der Waals surface area contributed by atoms with E-state index in [0.29, 0.717) is 19.8 Å². The van der Waals surface area contributed by atoms with Crippen molar-refractivity contribution in [3.8, 4) is 0 Å². The molecule has 86 valence electrons. The van der Waals surface area contributed by atoms with Crippen LogP contribution >= 0.6 is 0 Å². The lowest BCUT2D eigenvalue weighted by atomic mass is 10.2. The van der Waals surface area contributed by atoms with Gasteiger partial charge in [-0.2, -0.15) is 0 Å². The third kappa shape index (κ3) is 11.8. The molecule has 0 amide bonds. The Morgan fingerprint density at radius 1 is 1.07 bits per heavy atom. The van der Waals surface area contributed by atoms with E-state index in [1.807, 2.05) is 14.1 Å². The maximum Gasteiger partial charge on any atom is 0.0824 e.